The van der Waals surface area contributed by atoms with Gasteiger partial charge in [0.2, 0.25) is 0 Å². The second kappa shape index (κ2) is 8.10. The number of hydrogen-bond acceptors (Lipinski definition) is 4. The van der Waals surface area contributed by atoms with Crippen molar-refractivity contribution in [1.29, 1.82) is 0 Å². The van der Waals surface area contributed by atoms with E-state index in [2.05, 4.69) is 5.32 Å². The molecule has 1 aromatic carbocycles. The van der Waals surface area contributed by atoms with Crippen molar-refractivity contribution < 1.29 is 9.59 Å². The van der Waals surface area contributed by atoms with E-state index < -0.39 is 0 Å². The molecular formula is C19H22ClN3O2S. The maximum absolute atomic E-state index is 13.0. The largest absolute Gasteiger partial charge is 0.385 e. The van der Waals surface area contributed by atoms with Gasteiger partial charge in [0.25, 0.3) is 11.8 Å². The van der Waals surface area contributed by atoms with Crippen LogP contribution < -0.4 is 5.32 Å². The number of carbonyl (C=O) groups excluding carboxylic acids is 2. The summed E-state index contributed by atoms with van der Waals surface area (Å²) in [5.41, 5.74) is 3.77. The predicted octanol–water partition coefficient (Wildman–Crippen LogP) is 3.13. The molecule has 2 aliphatic rings. The second-order valence-electron chi connectivity index (χ2n) is 6.46. The zero-order valence-electron chi connectivity index (χ0n) is 14.4. The van der Waals surface area contributed by atoms with Gasteiger partial charge in [0.15, 0.2) is 0 Å². The fourth-order valence-corrected chi connectivity index (χ4v) is 4.19. The van der Waals surface area contributed by atoms with E-state index in [1.54, 1.807) is 0 Å². The van der Waals surface area contributed by atoms with Crippen molar-refractivity contribution in [3.63, 3.8) is 0 Å². The lowest BCUT2D eigenvalue weighted by Gasteiger charge is -2.35. The first-order valence-electron chi connectivity index (χ1n) is 8.70. The van der Waals surface area contributed by atoms with Crippen molar-refractivity contribution in [2.24, 2.45) is 0 Å². The summed E-state index contributed by atoms with van der Waals surface area (Å²) in [6, 6.07) is 7.77. The molecule has 2 aromatic rings. The Balaban J connectivity index is 0.00000196. The molecule has 0 atom stereocenters. The Labute approximate surface area is 163 Å². The van der Waals surface area contributed by atoms with Crippen LogP contribution in [0.15, 0.2) is 35.0 Å². The first-order chi connectivity index (χ1) is 12.2. The van der Waals surface area contributed by atoms with Crippen LogP contribution in [0, 0.1) is 0 Å². The molecule has 7 heteroatoms. The number of piperazine rings is 1. The van der Waals surface area contributed by atoms with Crippen LogP contribution in [0.1, 0.15) is 32.7 Å². The summed E-state index contributed by atoms with van der Waals surface area (Å²) in [5, 5.41) is 7.17. The van der Waals surface area contributed by atoms with Crippen molar-refractivity contribution in [1.82, 2.24) is 9.80 Å². The Morgan fingerprint density at radius 2 is 1.73 bits per heavy atom. The number of thiophene rings is 1. The zero-order chi connectivity index (χ0) is 17.2. The van der Waals surface area contributed by atoms with Crippen LogP contribution in [0.5, 0.6) is 0 Å². The Morgan fingerprint density at radius 1 is 1.00 bits per heavy atom. The number of carbonyl (C=O) groups is 2. The van der Waals surface area contributed by atoms with Gasteiger partial charge in [-0.2, -0.15) is 11.3 Å². The number of amides is 2. The van der Waals surface area contributed by atoms with Gasteiger partial charge in [-0.1, -0.05) is 6.07 Å². The maximum atomic E-state index is 13.0. The molecule has 1 aromatic heterocycles. The highest BCUT2D eigenvalue weighted by Crippen LogP contribution is 2.26. The van der Waals surface area contributed by atoms with E-state index in [0.717, 1.165) is 41.8 Å². The molecule has 0 bridgehead atoms. The number of hydrogen-bond donors (Lipinski definition) is 1. The summed E-state index contributed by atoms with van der Waals surface area (Å²) >= 11 is 1.53. The van der Waals surface area contributed by atoms with Crippen LogP contribution >= 0.6 is 23.7 Å². The Bertz CT molecular complexity index is 786. The van der Waals surface area contributed by atoms with Crippen LogP contribution in [0.4, 0.5) is 5.69 Å². The van der Waals surface area contributed by atoms with E-state index in [9.17, 15) is 9.59 Å². The predicted molar refractivity (Wildman–Crippen MR) is 107 cm³/mol. The molecule has 1 fully saturated rings. The van der Waals surface area contributed by atoms with E-state index in [1.807, 2.05) is 44.8 Å². The molecule has 2 amide bonds. The number of nitrogens with one attached hydrogen (secondary N) is 1. The number of nitrogens with zero attached hydrogens (tertiary/aromatic N) is 2. The number of benzene rings is 1. The summed E-state index contributed by atoms with van der Waals surface area (Å²) in [6.45, 7) is 3.33. The van der Waals surface area contributed by atoms with Crippen LogP contribution in [0.3, 0.4) is 0 Å². The lowest BCUT2D eigenvalue weighted by Crippen LogP contribution is -2.50. The highest BCUT2D eigenvalue weighted by Gasteiger charge is 2.27. The van der Waals surface area contributed by atoms with Crippen LogP contribution in [0.25, 0.3) is 0 Å². The topological polar surface area (TPSA) is 52.7 Å². The SMILES string of the molecule is Cl.O=C(c1ccsc1)N1CCN(C(=O)c2cccc3c2CCCN3)CC1. The third-order valence-electron chi connectivity index (χ3n) is 4.95. The second-order valence-corrected chi connectivity index (χ2v) is 7.24. The lowest BCUT2D eigenvalue weighted by molar-refractivity contribution is 0.0535. The first-order valence-corrected chi connectivity index (χ1v) is 9.65. The minimum atomic E-state index is 0. The van der Waals surface area contributed by atoms with Gasteiger partial charge in [-0.3, -0.25) is 9.59 Å². The molecule has 0 unspecified atom stereocenters. The molecule has 3 heterocycles. The Morgan fingerprint density at radius 3 is 2.42 bits per heavy atom. The van der Waals surface area contributed by atoms with Gasteiger partial charge in [0, 0.05) is 49.4 Å². The number of anilines is 1. The van der Waals surface area contributed by atoms with Gasteiger partial charge in [-0.05, 0) is 42.0 Å². The van der Waals surface area contributed by atoms with Crippen LogP contribution in [0.2, 0.25) is 0 Å². The fraction of sp³-hybridized carbons (Fsp3) is 0.368. The van der Waals surface area contributed by atoms with Crippen molar-refractivity contribution in [2.75, 3.05) is 38.0 Å². The van der Waals surface area contributed by atoms with E-state index in [1.165, 1.54) is 11.3 Å². The molecular weight excluding hydrogens is 370 g/mol. The third-order valence-corrected chi connectivity index (χ3v) is 5.63. The van der Waals surface area contributed by atoms with Crippen molar-refractivity contribution in [2.45, 2.75) is 12.8 Å². The smallest absolute Gasteiger partial charge is 0.254 e. The summed E-state index contributed by atoms with van der Waals surface area (Å²) in [7, 11) is 0. The van der Waals surface area contributed by atoms with Gasteiger partial charge < -0.3 is 15.1 Å². The maximum Gasteiger partial charge on any atom is 0.254 e. The lowest BCUT2D eigenvalue weighted by atomic mass is 9.96. The molecule has 138 valence electrons. The first kappa shape index (κ1) is 18.7. The third kappa shape index (κ3) is 3.57. The molecule has 1 N–H and O–H groups in total. The molecule has 0 saturated carbocycles. The number of halogens is 1. The van der Waals surface area contributed by atoms with E-state index >= 15 is 0 Å². The van der Waals surface area contributed by atoms with Gasteiger partial charge in [0.05, 0.1) is 5.56 Å². The summed E-state index contributed by atoms with van der Waals surface area (Å²) < 4.78 is 0. The van der Waals surface area contributed by atoms with E-state index in [0.29, 0.717) is 26.2 Å². The number of fused-ring (bicyclic) bond motifs is 1. The van der Waals surface area contributed by atoms with Crippen LogP contribution in [-0.4, -0.2) is 54.3 Å². The molecule has 2 aliphatic heterocycles. The summed E-state index contributed by atoms with van der Waals surface area (Å²) in [6.07, 6.45) is 2.00. The summed E-state index contributed by atoms with van der Waals surface area (Å²) in [4.78, 5) is 29.1. The van der Waals surface area contributed by atoms with Crippen molar-refractivity contribution >= 4 is 41.2 Å². The highest BCUT2D eigenvalue weighted by atomic mass is 35.5. The molecule has 5 nitrogen and oxygen atoms in total. The Kier molecular flexibility index (Phi) is 5.84. The minimum Gasteiger partial charge on any atom is -0.385 e. The van der Waals surface area contributed by atoms with Crippen molar-refractivity contribution in [3.05, 3.63) is 51.7 Å². The van der Waals surface area contributed by atoms with Crippen molar-refractivity contribution in [3.8, 4) is 0 Å². The monoisotopic (exact) mass is 391 g/mol. The zero-order valence-corrected chi connectivity index (χ0v) is 16.1. The average Bonchev–Trinajstić information content (AvgIpc) is 3.21. The average molecular weight is 392 g/mol. The van der Waals surface area contributed by atoms with Gasteiger partial charge in [-0.25, -0.2) is 0 Å². The summed E-state index contributed by atoms with van der Waals surface area (Å²) in [5.74, 6) is 0.151. The quantitative estimate of drug-likeness (QED) is 0.855. The van der Waals surface area contributed by atoms with Gasteiger partial charge in [-0.15, -0.1) is 12.4 Å². The molecule has 0 spiro atoms. The normalized spacial score (nSPS) is 16.3. The minimum absolute atomic E-state index is 0. The molecule has 0 aliphatic carbocycles. The van der Waals surface area contributed by atoms with Gasteiger partial charge in [0.1, 0.15) is 0 Å². The Hall–Kier alpha value is -2.05. The van der Waals surface area contributed by atoms with Gasteiger partial charge >= 0.3 is 0 Å². The molecule has 26 heavy (non-hydrogen) atoms. The molecule has 1 saturated heterocycles. The molecule has 4 rings (SSSR count). The standard InChI is InChI=1S/C19H21N3O2S.ClH/c23-18(14-6-12-25-13-14)21-8-10-22(11-9-21)19(24)16-3-1-5-17-15(16)4-2-7-20-17;/h1,3,5-6,12-13,20H,2,4,7-11H2;1H. The van der Waals surface area contributed by atoms with E-state index in [4.69, 9.17) is 0 Å². The molecule has 0 radical (unpaired) electrons. The fourth-order valence-electron chi connectivity index (χ4n) is 3.56. The van der Waals surface area contributed by atoms with Crippen LogP contribution in [-0.2, 0) is 6.42 Å². The van der Waals surface area contributed by atoms with E-state index in [-0.39, 0.29) is 24.2 Å². The highest BCUT2D eigenvalue weighted by molar-refractivity contribution is 7.08. The number of rotatable bonds is 2.